The average Bonchev–Trinajstić information content (AvgIpc) is 3.34. The van der Waals surface area contributed by atoms with Crippen molar-refractivity contribution < 1.29 is 13.2 Å². The smallest absolute Gasteiger partial charge is 0.352 e. The van der Waals surface area contributed by atoms with E-state index >= 15 is 0 Å². The molecule has 144 valence electrons. The summed E-state index contributed by atoms with van der Waals surface area (Å²) in [5, 5.41) is 7.65. The highest BCUT2D eigenvalue weighted by atomic mass is 19.4. The number of anilines is 2. The van der Waals surface area contributed by atoms with Gasteiger partial charge in [0.2, 0.25) is 0 Å². The second-order valence-electron chi connectivity index (χ2n) is 6.41. The number of hydrogen-bond acceptors (Lipinski definition) is 7. The molecule has 0 saturated carbocycles. The van der Waals surface area contributed by atoms with E-state index in [9.17, 15) is 13.2 Å². The summed E-state index contributed by atoms with van der Waals surface area (Å²) in [7, 11) is 0. The Bertz CT molecular complexity index is 1140. The maximum Gasteiger partial charge on any atom is 0.434 e. The summed E-state index contributed by atoms with van der Waals surface area (Å²) in [4.78, 5) is 20.6. The van der Waals surface area contributed by atoms with Crippen molar-refractivity contribution >= 4 is 28.3 Å². The van der Waals surface area contributed by atoms with Crippen molar-refractivity contribution in [1.82, 2.24) is 34.5 Å². The van der Waals surface area contributed by atoms with E-state index in [1.807, 2.05) is 4.90 Å². The van der Waals surface area contributed by atoms with Gasteiger partial charge in [-0.05, 0) is 0 Å². The maximum atomic E-state index is 13.0. The minimum absolute atomic E-state index is 0.197. The van der Waals surface area contributed by atoms with Gasteiger partial charge in [-0.3, -0.25) is 5.10 Å². The van der Waals surface area contributed by atoms with Crippen molar-refractivity contribution in [2.75, 3.05) is 36.0 Å². The molecule has 12 heteroatoms. The Morgan fingerprint density at radius 1 is 0.964 bits per heavy atom. The van der Waals surface area contributed by atoms with Gasteiger partial charge in [0.1, 0.15) is 12.1 Å². The number of hydrogen-bond donors (Lipinski definition) is 1. The number of aromatic amines is 1. The largest absolute Gasteiger partial charge is 0.434 e. The highest BCUT2D eigenvalue weighted by Gasteiger charge is 2.35. The lowest BCUT2D eigenvalue weighted by molar-refractivity contribution is -0.140. The van der Waals surface area contributed by atoms with Crippen molar-refractivity contribution in [3.8, 4) is 0 Å². The van der Waals surface area contributed by atoms with Gasteiger partial charge in [-0.2, -0.15) is 18.3 Å². The van der Waals surface area contributed by atoms with Crippen LogP contribution in [0.15, 0.2) is 31.1 Å². The van der Waals surface area contributed by atoms with Crippen LogP contribution in [0.4, 0.5) is 24.8 Å². The zero-order valence-electron chi connectivity index (χ0n) is 14.4. The number of piperazine rings is 1. The molecule has 0 bridgehead atoms. The lowest BCUT2D eigenvalue weighted by atomic mass is 10.2. The van der Waals surface area contributed by atoms with E-state index in [4.69, 9.17) is 0 Å². The second-order valence-corrected chi connectivity index (χ2v) is 6.41. The van der Waals surface area contributed by atoms with E-state index in [2.05, 4.69) is 35.0 Å². The van der Waals surface area contributed by atoms with Gasteiger partial charge in [0.25, 0.3) is 0 Å². The van der Waals surface area contributed by atoms with Crippen LogP contribution in [0, 0.1) is 0 Å². The highest BCUT2D eigenvalue weighted by Crippen LogP contribution is 2.31. The molecule has 0 aromatic carbocycles. The number of nitrogens with zero attached hydrogens (tertiary/aromatic N) is 8. The summed E-state index contributed by atoms with van der Waals surface area (Å²) >= 11 is 0. The van der Waals surface area contributed by atoms with E-state index in [0.29, 0.717) is 37.6 Å². The minimum atomic E-state index is -4.50. The van der Waals surface area contributed by atoms with Gasteiger partial charge in [0, 0.05) is 44.8 Å². The molecular formula is C16H14F3N9. The SMILES string of the molecule is FC(F)(F)c1cn2ccnc(N3CCN(c4ncnc5[nH]ncc45)CC3)c2n1. The molecule has 4 aromatic rings. The molecule has 5 heterocycles. The van der Waals surface area contributed by atoms with Crippen LogP contribution >= 0.6 is 0 Å². The fourth-order valence-corrected chi connectivity index (χ4v) is 3.40. The molecule has 9 nitrogen and oxygen atoms in total. The van der Waals surface area contributed by atoms with Gasteiger partial charge in [0.15, 0.2) is 22.8 Å². The predicted octanol–water partition coefficient (Wildman–Crippen LogP) is 1.74. The molecule has 0 aliphatic carbocycles. The summed E-state index contributed by atoms with van der Waals surface area (Å²) in [6.07, 6.45) is 2.60. The van der Waals surface area contributed by atoms with Gasteiger partial charge >= 0.3 is 6.18 Å². The van der Waals surface area contributed by atoms with Crippen LogP contribution in [0.5, 0.6) is 0 Å². The Balaban J connectivity index is 1.41. The van der Waals surface area contributed by atoms with Gasteiger partial charge in [0.05, 0.1) is 11.6 Å². The fourth-order valence-electron chi connectivity index (χ4n) is 3.40. The third-order valence-corrected chi connectivity index (χ3v) is 4.75. The second kappa shape index (κ2) is 6.04. The van der Waals surface area contributed by atoms with Crippen molar-refractivity contribution in [3.63, 3.8) is 0 Å². The van der Waals surface area contributed by atoms with E-state index in [-0.39, 0.29) is 5.65 Å². The third kappa shape index (κ3) is 2.68. The fraction of sp³-hybridized carbons (Fsp3) is 0.312. The first-order valence-electron chi connectivity index (χ1n) is 8.55. The van der Waals surface area contributed by atoms with Crippen LogP contribution in [0.3, 0.4) is 0 Å². The molecule has 0 amide bonds. The number of nitrogens with one attached hydrogen (secondary N) is 1. The molecule has 0 spiro atoms. The van der Waals surface area contributed by atoms with Gasteiger partial charge in [-0.25, -0.2) is 19.9 Å². The molecule has 0 atom stereocenters. The lowest BCUT2D eigenvalue weighted by Gasteiger charge is -2.36. The van der Waals surface area contributed by atoms with Gasteiger partial charge in [-0.15, -0.1) is 0 Å². The van der Waals surface area contributed by atoms with Crippen molar-refractivity contribution in [2.45, 2.75) is 6.18 Å². The predicted molar refractivity (Wildman–Crippen MR) is 94.1 cm³/mol. The van der Waals surface area contributed by atoms with Crippen LogP contribution < -0.4 is 9.80 Å². The quantitative estimate of drug-likeness (QED) is 0.558. The third-order valence-electron chi connectivity index (χ3n) is 4.75. The Morgan fingerprint density at radius 2 is 1.71 bits per heavy atom. The summed E-state index contributed by atoms with van der Waals surface area (Å²) < 4.78 is 40.4. The number of alkyl halides is 3. The Labute approximate surface area is 155 Å². The summed E-state index contributed by atoms with van der Waals surface area (Å²) in [5.74, 6) is 1.22. The average molecular weight is 389 g/mol. The van der Waals surface area contributed by atoms with E-state index < -0.39 is 11.9 Å². The zero-order valence-corrected chi connectivity index (χ0v) is 14.4. The molecule has 1 saturated heterocycles. The van der Waals surface area contributed by atoms with E-state index in [1.165, 1.54) is 23.1 Å². The normalized spacial score (nSPS) is 15.7. The van der Waals surface area contributed by atoms with Crippen molar-refractivity contribution in [1.29, 1.82) is 0 Å². The zero-order chi connectivity index (χ0) is 19.3. The van der Waals surface area contributed by atoms with Crippen LogP contribution in [0.1, 0.15) is 5.69 Å². The Morgan fingerprint density at radius 3 is 2.46 bits per heavy atom. The maximum absolute atomic E-state index is 13.0. The molecule has 1 fully saturated rings. The standard InChI is InChI=1S/C16H14F3N9/c17-16(18,19)11-8-28-2-1-20-14(15(28)24-11)27-5-3-26(4-6-27)13-10-7-23-25-12(10)21-9-22-13/h1-2,7-9H,3-6H2,(H,21,22,23,25). The van der Waals surface area contributed by atoms with Crippen LogP contribution in [0.25, 0.3) is 16.7 Å². The van der Waals surface area contributed by atoms with Crippen molar-refractivity contribution in [3.05, 3.63) is 36.8 Å². The molecule has 1 aliphatic rings. The first-order chi connectivity index (χ1) is 13.5. The highest BCUT2D eigenvalue weighted by molar-refractivity contribution is 5.86. The molecule has 1 N–H and O–H groups in total. The first kappa shape index (κ1) is 16.7. The molecule has 1 aliphatic heterocycles. The number of halogens is 3. The topological polar surface area (TPSA) is 91.1 Å². The van der Waals surface area contributed by atoms with Gasteiger partial charge < -0.3 is 14.2 Å². The first-order valence-corrected chi connectivity index (χ1v) is 8.55. The number of H-pyrrole nitrogens is 1. The molecule has 0 unspecified atom stereocenters. The molecule has 5 rings (SSSR count). The minimum Gasteiger partial charge on any atom is -0.352 e. The van der Waals surface area contributed by atoms with Crippen LogP contribution in [0.2, 0.25) is 0 Å². The van der Waals surface area contributed by atoms with E-state index in [1.54, 1.807) is 6.20 Å². The van der Waals surface area contributed by atoms with Gasteiger partial charge in [-0.1, -0.05) is 0 Å². The summed E-state index contributed by atoms with van der Waals surface area (Å²) in [6, 6.07) is 0. The van der Waals surface area contributed by atoms with Crippen LogP contribution in [-0.4, -0.2) is 60.7 Å². The number of imidazole rings is 1. The molecule has 28 heavy (non-hydrogen) atoms. The summed E-state index contributed by atoms with van der Waals surface area (Å²) in [6.45, 7) is 2.41. The lowest BCUT2D eigenvalue weighted by Crippen LogP contribution is -2.47. The molecule has 0 radical (unpaired) electrons. The molecular weight excluding hydrogens is 375 g/mol. The number of fused-ring (bicyclic) bond motifs is 2. The number of rotatable bonds is 2. The van der Waals surface area contributed by atoms with Crippen LogP contribution in [-0.2, 0) is 6.18 Å². The van der Waals surface area contributed by atoms with E-state index in [0.717, 1.165) is 17.4 Å². The number of aromatic nitrogens is 7. The molecule has 4 aromatic heterocycles. The van der Waals surface area contributed by atoms with Crippen molar-refractivity contribution in [2.24, 2.45) is 0 Å². The summed E-state index contributed by atoms with van der Waals surface area (Å²) in [5.41, 5.74) is -0.0674. The monoisotopic (exact) mass is 389 g/mol. The Kier molecular flexibility index (Phi) is 3.60. The Hall–Kier alpha value is -3.44.